The van der Waals surface area contributed by atoms with Gasteiger partial charge in [0.1, 0.15) is 0 Å². The number of rotatable bonds is 2. The first-order chi connectivity index (χ1) is 6.15. The van der Waals surface area contributed by atoms with E-state index in [4.69, 9.17) is 0 Å². The summed E-state index contributed by atoms with van der Waals surface area (Å²) in [6.45, 7) is 3.56. The molecule has 0 aliphatic rings. The number of carbonyl (C=O) groups excluding carboxylic acids is 1. The third kappa shape index (κ3) is 2.24. The zero-order valence-electron chi connectivity index (χ0n) is 7.50. The highest BCUT2D eigenvalue weighted by Crippen LogP contribution is 2.06. The molecule has 0 fully saturated rings. The summed E-state index contributed by atoms with van der Waals surface area (Å²) in [6, 6.07) is 2.70. The van der Waals surface area contributed by atoms with E-state index in [1.807, 2.05) is 0 Å². The van der Waals surface area contributed by atoms with Gasteiger partial charge in [0.05, 0.1) is 6.61 Å². The van der Waals surface area contributed by atoms with Crippen LogP contribution < -0.4 is 0 Å². The van der Waals surface area contributed by atoms with Crippen molar-refractivity contribution in [1.29, 1.82) is 0 Å². The lowest BCUT2D eigenvalue weighted by Gasteiger charge is -2.02. The maximum absolute atomic E-state index is 13.0. The second-order valence-electron chi connectivity index (χ2n) is 2.50. The quantitative estimate of drug-likeness (QED) is 0.655. The average molecular weight is 183 g/mol. The highest BCUT2D eigenvalue weighted by atomic mass is 19.1. The number of esters is 1. The second-order valence-corrected chi connectivity index (χ2v) is 2.50. The van der Waals surface area contributed by atoms with Crippen LogP contribution in [0.4, 0.5) is 4.39 Å². The van der Waals surface area contributed by atoms with Crippen LogP contribution in [0.15, 0.2) is 12.1 Å². The first kappa shape index (κ1) is 9.64. The highest BCUT2D eigenvalue weighted by molar-refractivity contribution is 5.87. The summed E-state index contributed by atoms with van der Waals surface area (Å²) in [7, 11) is 0. The molecular formula is C9H10FNO2. The summed E-state index contributed by atoms with van der Waals surface area (Å²) in [5.41, 5.74) is 0.339. The Morgan fingerprint density at radius 3 is 2.92 bits per heavy atom. The summed E-state index contributed by atoms with van der Waals surface area (Å²) in [5.74, 6) is -1.37. The van der Waals surface area contributed by atoms with E-state index in [1.165, 1.54) is 12.1 Å². The van der Waals surface area contributed by atoms with E-state index in [9.17, 15) is 9.18 Å². The largest absolute Gasteiger partial charge is 0.461 e. The molecule has 0 saturated carbocycles. The zero-order chi connectivity index (χ0) is 9.84. The topological polar surface area (TPSA) is 39.2 Å². The number of hydrogen-bond donors (Lipinski definition) is 0. The Hall–Kier alpha value is -1.45. The van der Waals surface area contributed by atoms with E-state index in [0.29, 0.717) is 5.69 Å². The Kier molecular flexibility index (Phi) is 2.95. The molecule has 0 bridgehead atoms. The molecule has 0 atom stereocenters. The van der Waals surface area contributed by atoms with Gasteiger partial charge in [0.2, 0.25) is 0 Å². The van der Waals surface area contributed by atoms with E-state index in [0.717, 1.165) is 0 Å². The molecule has 0 radical (unpaired) electrons. The lowest BCUT2D eigenvalue weighted by molar-refractivity contribution is 0.0513. The van der Waals surface area contributed by atoms with Crippen LogP contribution in [0.25, 0.3) is 0 Å². The molecule has 0 aliphatic heterocycles. The highest BCUT2D eigenvalue weighted by Gasteiger charge is 2.14. The summed E-state index contributed by atoms with van der Waals surface area (Å²) in [4.78, 5) is 14.8. The maximum atomic E-state index is 13.0. The van der Waals surface area contributed by atoms with Crippen molar-refractivity contribution in [1.82, 2.24) is 4.98 Å². The van der Waals surface area contributed by atoms with Crippen molar-refractivity contribution < 1.29 is 13.9 Å². The Balaban J connectivity index is 2.99. The van der Waals surface area contributed by atoms with Crippen LogP contribution in [0.1, 0.15) is 23.1 Å². The third-order valence-corrected chi connectivity index (χ3v) is 1.45. The normalized spacial score (nSPS) is 9.77. The molecular weight excluding hydrogens is 173 g/mol. The van der Waals surface area contributed by atoms with E-state index < -0.39 is 11.8 Å². The van der Waals surface area contributed by atoms with Crippen LogP contribution in [0.3, 0.4) is 0 Å². The molecule has 0 N–H and O–H groups in total. The molecule has 1 aromatic rings. The summed E-state index contributed by atoms with van der Waals surface area (Å²) in [5, 5.41) is 0. The van der Waals surface area contributed by atoms with E-state index >= 15 is 0 Å². The van der Waals surface area contributed by atoms with Gasteiger partial charge in [-0.15, -0.1) is 0 Å². The first-order valence-corrected chi connectivity index (χ1v) is 3.95. The number of pyridine rings is 1. The molecule has 0 amide bonds. The SMILES string of the molecule is CCOC(=O)c1nc(C)ccc1F. The fourth-order valence-corrected chi connectivity index (χ4v) is 0.882. The lowest BCUT2D eigenvalue weighted by atomic mass is 10.3. The second kappa shape index (κ2) is 3.98. The minimum Gasteiger partial charge on any atom is -0.461 e. The van der Waals surface area contributed by atoms with Gasteiger partial charge in [-0.1, -0.05) is 0 Å². The van der Waals surface area contributed by atoms with E-state index in [2.05, 4.69) is 9.72 Å². The van der Waals surface area contributed by atoms with Crippen LogP contribution in [0.5, 0.6) is 0 Å². The van der Waals surface area contributed by atoms with Crippen molar-refractivity contribution in [2.75, 3.05) is 6.61 Å². The van der Waals surface area contributed by atoms with Crippen LogP contribution in [-0.2, 0) is 4.74 Å². The van der Waals surface area contributed by atoms with Gasteiger partial charge in [-0.2, -0.15) is 0 Å². The zero-order valence-corrected chi connectivity index (χ0v) is 7.50. The van der Waals surface area contributed by atoms with Crippen LogP contribution in [-0.4, -0.2) is 17.6 Å². The third-order valence-electron chi connectivity index (χ3n) is 1.45. The standard InChI is InChI=1S/C9H10FNO2/c1-3-13-9(12)8-7(10)5-4-6(2)11-8/h4-5H,3H2,1-2H3. The van der Waals surface area contributed by atoms with Crippen molar-refractivity contribution in [3.05, 3.63) is 29.3 Å². The number of aromatic nitrogens is 1. The molecule has 0 aliphatic carbocycles. The van der Waals surface area contributed by atoms with Gasteiger partial charge in [-0.3, -0.25) is 0 Å². The van der Waals surface area contributed by atoms with Crippen molar-refractivity contribution in [3.8, 4) is 0 Å². The van der Waals surface area contributed by atoms with Crippen molar-refractivity contribution in [2.24, 2.45) is 0 Å². The molecule has 70 valence electrons. The van der Waals surface area contributed by atoms with Gasteiger partial charge in [-0.05, 0) is 26.0 Å². The number of halogens is 1. The fourth-order valence-electron chi connectivity index (χ4n) is 0.882. The van der Waals surface area contributed by atoms with Gasteiger partial charge in [-0.25, -0.2) is 14.2 Å². The van der Waals surface area contributed by atoms with Crippen molar-refractivity contribution >= 4 is 5.97 Å². The molecule has 0 spiro atoms. The maximum Gasteiger partial charge on any atom is 0.360 e. The predicted molar refractivity (Wildman–Crippen MR) is 44.9 cm³/mol. The number of carbonyl (C=O) groups is 1. The molecule has 0 saturated heterocycles. The van der Waals surface area contributed by atoms with Gasteiger partial charge in [0.15, 0.2) is 11.5 Å². The number of nitrogens with zero attached hydrogens (tertiary/aromatic N) is 1. The van der Waals surface area contributed by atoms with Crippen LogP contribution >= 0.6 is 0 Å². The van der Waals surface area contributed by atoms with Crippen molar-refractivity contribution in [2.45, 2.75) is 13.8 Å². The Labute approximate surface area is 75.6 Å². The lowest BCUT2D eigenvalue weighted by Crippen LogP contribution is -2.10. The van der Waals surface area contributed by atoms with E-state index in [1.54, 1.807) is 13.8 Å². The monoisotopic (exact) mass is 183 g/mol. The minimum absolute atomic E-state index is 0.216. The molecule has 4 heteroatoms. The summed E-state index contributed by atoms with van der Waals surface area (Å²) in [6.07, 6.45) is 0. The Bertz CT molecular complexity index is 325. The number of ether oxygens (including phenoxy) is 1. The summed E-state index contributed by atoms with van der Waals surface area (Å²) < 4.78 is 17.6. The van der Waals surface area contributed by atoms with E-state index in [-0.39, 0.29) is 12.3 Å². The molecule has 1 rings (SSSR count). The minimum atomic E-state index is -0.719. The molecule has 3 nitrogen and oxygen atoms in total. The first-order valence-electron chi connectivity index (χ1n) is 3.95. The molecule has 0 aromatic carbocycles. The Morgan fingerprint density at radius 2 is 2.31 bits per heavy atom. The van der Waals surface area contributed by atoms with Gasteiger partial charge in [0.25, 0.3) is 0 Å². The number of aryl methyl sites for hydroxylation is 1. The van der Waals surface area contributed by atoms with Gasteiger partial charge < -0.3 is 4.74 Å². The molecule has 0 unspecified atom stereocenters. The van der Waals surface area contributed by atoms with Gasteiger partial charge >= 0.3 is 5.97 Å². The van der Waals surface area contributed by atoms with Gasteiger partial charge in [0, 0.05) is 5.69 Å². The fraction of sp³-hybridized carbons (Fsp3) is 0.333. The smallest absolute Gasteiger partial charge is 0.360 e. The number of hydrogen-bond acceptors (Lipinski definition) is 3. The Morgan fingerprint density at radius 1 is 1.62 bits per heavy atom. The summed E-state index contributed by atoms with van der Waals surface area (Å²) >= 11 is 0. The molecule has 1 aromatic heterocycles. The van der Waals surface area contributed by atoms with Crippen molar-refractivity contribution in [3.63, 3.8) is 0 Å². The van der Waals surface area contributed by atoms with Crippen LogP contribution in [0, 0.1) is 12.7 Å². The molecule has 13 heavy (non-hydrogen) atoms. The average Bonchev–Trinajstić information content (AvgIpc) is 2.09. The molecule has 1 heterocycles. The van der Waals surface area contributed by atoms with Crippen LogP contribution in [0.2, 0.25) is 0 Å². The predicted octanol–water partition coefficient (Wildman–Crippen LogP) is 1.71.